The smallest absolute Gasteiger partial charge is 0.158 e. The third kappa shape index (κ3) is 4.22. The fourth-order valence-corrected chi connectivity index (χ4v) is 4.35. The van der Waals surface area contributed by atoms with Gasteiger partial charge in [-0.05, 0) is 24.8 Å². The lowest BCUT2D eigenvalue weighted by molar-refractivity contribution is 0.258. The van der Waals surface area contributed by atoms with Crippen LogP contribution in [0.5, 0.6) is 0 Å². The van der Waals surface area contributed by atoms with E-state index < -0.39 is 0 Å². The molecular weight excluding hydrogens is 379 g/mol. The minimum Gasteiger partial charge on any atom is -0.381 e. The quantitative estimate of drug-likeness (QED) is 0.753. The molecule has 1 aromatic heterocycles. The van der Waals surface area contributed by atoms with Crippen LogP contribution in [0, 0.1) is 5.41 Å². The number of hydrogen-bond acceptors (Lipinski definition) is 7. The molecule has 0 aromatic carbocycles. The number of rotatable bonds is 4. The van der Waals surface area contributed by atoms with Crippen molar-refractivity contribution in [3.05, 3.63) is 16.4 Å². The largest absolute Gasteiger partial charge is 0.381 e. The van der Waals surface area contributed by atoms with E-state index >= 15 is 0 Å². The van der Waals surface area contributed by atoms with Crippen molar-refractivity contribution in [1.82, 2.24) is 9.97 Å². The summed E-state index contributed by atoms with van der Waals surface area (Å²) in [6, 6.07) is 0. The van der Waals surface area contributed by atoms with Gasteiger partial charge in [0.2, 0.25) is 0 Å². The highest BCUT2D eigenvalue weighted by Crippen LogP contribution is 2.38. The summed E-state index contributed by atoms with van der Waals surface area (Å²) in [5.41, 5.74) is 12.2. The molecule has 0 amide bonds. The first-order valence-corrected chi connectivity index (χ1v) is 9.87. The zero-order valence-corrected chi connectivity index (χ0v) is 16.4. The number of aromatic nitrogens is 2. The molecule has 4 N–H and O–H groups in total. The Morgan fingerprint density at radius 2 is 2.08 bits per heavy atom. The SMILES string of the molecule is CC1(CN)CCN(c2cnc(SC3CC=NC(Cl)=C3Cl)c(N)n2)CC1. The number of halogens is 2. The van der Waals surface area contributed by atoms with Crippen molar-refractivity contribution < 1.29 is 0 Å². The van der Waals surface area contributed by atoms with Crippen LogP contribution in [0.3, 0.4) is 0 Å². The van der Waals surface area contributed by atoms with Gasteiger partial charge in [0.1, 0.15) is 16.0 Å². The standard InChI is InChI=1S/C16H22Cl2N6S/c1-16(9-19)3-6-24(7-4-16)11-8-22-15(14(20)23-11)25-10-2-5-21-13(18)12(10)17/h5,8,10H,2-4,6-7,9,19H2,1H3,(H2,20,23). The predicted octanol–water partition coefficient (Wildman–Crippen LogP) is 3.21. The molecule has 1 fully saturated rings. The predicted molar refractivity (Wildman–Crippen MR) is 107 cm³/mol. The molecule has 136 valence electrons. The van der Waals surface area contributed by atoms with Gasteiger partial charge in [-0.2, -0.15) is 0 Å². The number of nitrogens with zero attached hydrogens (tertiary/aromatic N) is 4. The summed E-state index contributed by atoms with van der Waals surface area (Å²) in [6.07, 6.45) is 6.31. The normalized spacial score (nSPS) is 23.2. The molecule has 1 unspecified atom stereocenters. The summed E-state index contributed by atoms with van der Waals surface area (Å²) < 4.78 is 0. The van der Waals surface area contributed by atoms with Crippen LogP contribution >= 0.6 is 35.0 Å². The van der Waals surface area contributed by atoms with Crippen LogP contribution in [0.25, 0.3) is 0 Å². The van der Waals surface area contributed by atoms with Gasteiger partial charge in [0.25, 0.3) is 0 Å². The van der Waals surface area contributed by atoms with E-state index in [2.05, 4.69) is 26.8 Å². The Morgan fingerprint density at radius 1 is 1.36 bits per heavy atom. The molecule has 1 aromatic rings. The second kappa shape index (κ2) is 7.70. The monoisotopic (exact) mass is 400 g/mol. The van der Waals surface area contributed by atoms with Crippen molar-refractivity contribution in [3.8, 4) is 0 Å². The summed E-state index contributed by atoms with van der Waals surface area (Å²) in [4.78, 5) is 15.3. The van der Waals surface area contributed by atoms with Gasteiger partial charge in [-0.25, -0.2) is 15.0 Å². The molecular formula is C16H22Cl2N6S. The Labute approximate surface area is 162 Å². The lowest BCUT2D eigenvalue weighted by Gasteiger charge is -2.39. The number of aliphatic imine (C=N–C) groups is 1. The summed E-state index contributed by atoms with van der Waals surface area (Å²) in [5.74, 6) is 1.23. The van der Waals surface area contributed by atoms with Crippen LogP contribution in [-0.2, 0) is 0 Å². The van der Waals surface area contributed by atoms with Crippen molar-refractivity contribution in [2.75, 3.05) is 30.3 Å². The fraction of sp³-hybridized carbons (Fsp3) is 0.562. The van der Waals surface area contributed by atoms with Gasteiger partial charge < -0.3 is 16.4 Å². The zero-order chi connectivity index (χ0) is 18.0. The van der Waals surface area contributed by atoms with E-state index in [0.717, 1.165) is 31.7 Å². The highest BCUT2D eigenvalue weighted by atomic mass is 35.5. The fourth-order valence-electron chi connectivity index (χ4n) is 2.87. The van der Waals surface area contributed by atoms with Gasteiger partial charge in [0, 0.05) is 25.7 Å². The average molecular weight is 401 g/mol. The summed E-state index contributed by atoms with van der Waals surface area (Å²) in [6.45, 7) is 4.78. The molecule has 0 bridgehead atoms. The Balaban J connectivity index is 1.69. The average Bonchev–Trinajstić information content (AvgIpc) is 2.61. The summed E-state index contributed by atoms with van der Waals surface area (Å²) >= 11 is 13.7. The molecule has 6 nitrogen and oxygen atoms in total. The second-order valence-electron chi connectivity index (χ2n) is 6.71. The first kappa shape index (κ1) is 18.8. The van der Waals surface area contributed by atoms with Gasteiger partial charge in [0.05, 0.1) is 16.5 Å². The highest BCUT2D eigenvalue weighted by molar-refractivity contribution is 8.00. The number of nitrogens with two attached hydrogens (primary N) is 2. The molecule has 0 spiro atoms. The van der Waals surface area contributed by atoms with Crippen molar-refractivity contribution in [3.63, 3.8) is 0 Å². The van der Waals surface area contributed by atoms with Crippen LogP contribution in [0.1, 0.15) is 26.2 Å². The Bertz CT molecular complexity index is 700. The number of hydrogen-bond donors (Lipinski definition) is 2. The third-order valence-electron chi connectivity index (χ3n) is 4.80. The van der Waals surface area contributed by atoms with E-state index in [-0.39, 0.29) is 10.7 Å². The molecule has 3 heterocycles. The van der Waals surface area contributed by atoms with E-state index in [4.69, 9.17) is 34.7 Å². The van der Waals surface area contributed by atoms with Crippen molar-refractivity contribution in [2.45, 2.75) is 36.5 Å². The van der Waals surface area contributed by atoms with Crippen molar-refractivity contribution in [1.29, 1.82) is 0 Å². The molecule has 2 aliphatic heterocycles. The number of piperidine rings is 1. The number of thioether (sulfide) groups is 1. The van der Waals surface area contributed by atoms with Gasteiger partial charge in [0.15, 0.2) is 5.82 Å². The van der Waals surface area contributed by atoms with E-state index in [0.29, 0.717) is 34.0 Å². The molecule has 0 saturated carbocycles. The zero-order valence-electron chi connectivity index (χ0n) is 14.1. The molecule has 25 heavy (non-hydrogen) atoms. The van der Waals surface area contributed by atoms with Gasteiger partial charge >= 0.3 is 0 Å². The van der Waals surface area contributed by atoms with E-state index in [9.17, 15) is 0 Å². The minimum absolute atomic E-state index is 0.0330. The van der Waals surface area contributed by atoms with Crippen LogP contribution in [0.2, 0.25) is 0 Å². The van der Waals surface area contributed by atoms with Gasteiger partial charge in [-0.3, -0.25) is 0 Å². The van der Waals surface area contributed by atoms with E-state index in [1.807, 2.05) is 0 Å². The molecule has 9 heteroatoms. The maximum atomic E-state index is 6.23. The third-order valence-corrected chi connectivity index (χ3v) is 7.02. The minimum atomic E-state index is -0.0330. The van der Waals surface area contributed by atoms with Crippen molar-refractivity contribution in [2.24, 2.45) is 16.1 Å². The molecule has 0 radical (unpaired) electrons. The number of anilines is 2. The van der Waals surface area contributed by atoms with Crippen LogP contribution < -0.4 is 16.4 Å². The van der Waals surface area contributed by atoms with Gasteiger partial charge in [-0.1, -0.05) is 41.9 Å². The Hall–Kier alpha value is -1.02. The Morgan fingerprint density at radius 3 is 2.72 bits per heavy atom. The first-order valence-electron chi connectivity index (χ1n) is 8.24. The first-order chi connectivity index (χ1) is 11.9. The molecule has 1 saturated heterocycles. The van der Waals surface area contributed by atoms with Gasteiger partial charge in [-0.15, -0.1) is 0 Å². The topological polar surface area (TPSA) is 93.4 Å². The summed E-state index contributed by atoms with van der Waals surface area (Å²) in [5, 5.41) is 1.48. The second-order valence-corrected chi connectivity index (χ2v) is 8.67. The molecule has 1 atom stereocenters. The van der Waals surface area contributed by atoms with E-state index in [1.54, 1.807) is 12.4 Å². The lowest BCUT2D eigenvalue weighted by Crippen LogP contribution is -2.42. The molecule has 0 aliphatic carbocycles. The van der Waals surface area contributed by atoms with Crippen LogP contribution in [-0.4, -0.2) is 41.1 Å². The highest BCUT2D eigenvalue weighted by Gasteiger charge is 2.29. The molecule has 3 rings (SSSR count). The lowest BCUT2D eigenvalue weighted by atomic mass is 9.80. The number of nitrogen functional groups attached to an aromatic ring is 1. The van der Waals surface area contributed by atoms with E-state index in [1.165, 1.54) is 11.8 Å². The Kier molecular flexibility index (Phi) is 5.78. The van der Waals surface area contributed by atoms with Crippen LogP contribution in [0.15, 0.2) is 26.4 Å². The van der Waals surface area contributed by atoms with Crippen molar-refractivity contribution >= 4 is 52.8 Å². The maximum Gasteiger partial charge on any atom is 0.158 e. The van der Waals surface area contributed by atoms with Crippen LogP contribution in [0.4, 0.5) is 11.6 Å². The molecule has 2 aliphatic rings. The summed E-state index contributed by atoms with van der Waals surface area (Å²) in [7, 11) is 0. The maximum absolute atomic E-state index is 6.23.